The number of hydrogen-bond donors (Lipinski definition) is 1. The fourth-order valence-electron chi connectivity index (χ4n) is 2.54. The number of nitrogens with zero attached hydrogens (tertiary/aromatic N) is 2. The Morgan fingerprint density at radius 3 is 2.80 bits per heavy atom. The van der Waals surface area contributed by atoms with E-state index in [4.69, 9.17) is 0 Å². The predicted molar refractivity (Wildman–Crippen MR) is 81.6 cm³/mol. The molecule has 0 amide bonds. The topological polar surface area (TPSA) is 37.8 Å². The van der Waals surface area contributed by atoms with Crippen molar-refractivity contribution in [3.63, 3.8) is 0 Å². The number of fused-ring (bicyclic) bond motifs is 1. The van der Waals surface area contributed by atoms with Crippen molar-refractivity contribution in [1.29, 1.82) is 0 Å². The van der Waals surface area contributed by atoms with Crippen LogP contribution in [0.5, 0.6) is 0 Å². The van der Waals surface area contributed by atoms with E-state index in [1.807, 2.05) is 37.8 Å². The van der Waals surface area contributed by atoms with Crippen LogP contribution in [0, 0.1) is 6.92 Å². The molecule has 0 aliphatic carbocycles. The number of pyridine rings is 2. The summed E-state index contributed by atoms with van der Waals surface area (Å²) in [6.07, 6.45) is 5.59. The van der Waals surface area contributed by atoms with Gasteiger partial charge in [-0.15, -0.1) is 0 Å². The Bertz CT molecular complexity index is 737. The maximum Gasteiger partial charge on any atom is 0.0705 e. The molecular formula is C17H17N3. The first-order valence-electron chi connectivity index (χ1n) is 6.72. The maximum atomic E-state index is 4.43. The summed E-state index contributed by atoms with van der Waals surface area (Å²) < 4.78 is 0. The van der Waals surface area contributed by atoms with E-state index in [1.165, 1.54) is 16.7 Å². The molecule has 3 heteroatoms. The van der Waals surface area contributed by atoms with Gasteiger partial charge in [0.2, 0.25) is 0 Å². The zero-order chi connectivity index (χ0) is 13.9. The van der Waals surface area contributed by atoms with Gasteiger partial charge in [0, 0.05) is 24.0 Å². The van der Waals surface area contributed by atoms with Crippen LogP contribution < -0.4 is 5.32 Å². The molecule has 3 nitrogen and oxygen atoms in total. The number of hydrogen-bond acceptors (Lipinski definition) is 3. The number of benzene rings is 1. The van der Waals surface area contributed by atoms with Gasteiger partial charge in [-0.3, -0.25) is 9.97 Å². The van der Waals surface area contributed by atoms with Crippen LogP contribution in [0.2, 0.25) is 0 Å². The zero-order valence-electron chi connectivity index (χ0n) is 11.7. The van der Waals surface area contributed by atoms with Crippen molar-refractivity contribution in [2.75, 3.05) is 7.05 Å². The first-order chi connectivity index (χ1) is 9.79. The third-order valence-corrected chi connectivity index (χ3v) is 3.64. The molecule has 0 fully saturated rings. The van der Waals surface area contributed by atoms with Crippen LogP contribution >= 0.6 is 0 Å². The summed E-state index contributed by atoms with van der Waals surface area (Å²) in [5.41, 5.74) is 4.66. The Balaban J connectivity index is 2.10. The summed E-state index contributed by atoms with van der Waals surface area (Å²) in [6, 6.07) is 12.6. The second kappa shape index (κ2) is 5.39. The van der Waals surface area contributed by atoms with Gasteiger partial charge in [0.25, 0.3) is 0 Å². The largest absolute Gasteiger partial charge is 0.309 e. The van der Waals surface area contributed by atoms with Crippen LogP contribution in [0.25, 0.3) is 10.9 Å². The molecule has 0 aliphatic rings. The lowest BCUT2D eigenvalue weighted by molar-refractivity contribution is 0.685. The summed E-state index contributed by atoms with van der Waals surface area (Å²) in [5, 5.41) is 4.53. The maximum absolute atomic E-state index is 4.43. The summed E-state index contributed by atoms with van der Waals surface area (Å²) in [7, 11) is 1.97. The van der Waals surface area contributed by atoms with Crippen molar-refractivity contribution < 1.29 is 0 Å². The smallest absolute Gasteiger partial charge is 0.0705 e. The summed E-state index contributed by atoms with van der Waals surface area (Å²) >= 11 is 0. The van der Waals surface area contributed by atoms with Gasteiger partial charge < -0.3 is 5.32 Å². The molecule has 0 radical (unpaired) electrons. The molecule has 3 rings (SSSR count). The first kappa shape index (κ1) is 12.8. The minimum absolute atomic E-state index is 0.134. The number of aromatic nitrogens is 2. The minimum Gasteiger partial charge on any atom is -0.309 e. The Morgan fingerprint density at radius 1 is 1.10 bits per heavy atom. The SMILES string of the molecule is CNC(c1ccc2cccnc2c1)c1cnccc1C. The lowest BCUT2D eigenvalue weighted by Crippen LogP contribution is -2.18. The molecule has 1 N–H and O–H groups in total. The molecule has 20 heavy (non-hydrogen) atoms. The van der Waals surface area contributed by atoms with Crippen molar-refractivity contribution in [3.05, 3.63) is 71.7 Å². The fourth-order valence-corrected chi connectivity index (χ4v) is 2.54. The van der Waals surface area contributed by atoms with E-state index in [2.05, 4.69) is 46.5 Å². The summed E-state index contributed by atoms with van der Waals surface area (Å²) in [6.45, 7) is 2.11. The molecule has 0 bridgehead atoms. The van der Waals surface area contributed by atoms with Crippen LogP contribution in [0.3, 0.4) is 0 Å². The molecule has 0 saturated carbocycles. The second-order valence-electron chi connectivity index (χ2n) is 4.91. The lowest BCUT2D eigenvalue weighted by Gasteiger charge is -2.19. The Hall–Kier alpha value is -2.26. The molecule has 0 spiro atoms. The van der Waals surface area contributed by atoms with Gasteiger partial charge in [0.1, 0.15) is 0 Å². The molecule has 3 aromatic rings. The summed E-state index contributed by atoms with van der Waals surface area (Å²) in [5.74, 6) is 0. The lowest BCUT2D eigenvalue weighted by atomic mass is 9.96. The Labute approximate surface area is 118 Å². The third kappa shape index (κ3) is 2.28. The highest BCUT2D eigenvalue weighted by Crippen LogP contribution is 2.26. The van der Waals surface area contributed by atoms with Crippen molar-refractivity contribution in [3.8, 4) is 0 Å². The fraction of sp³-hybridized carbons (Fsp3) is 0.176. The molecular weight excluding hydrogens is 246 g/mol. The monoisotopic (exact) mass is 263 g/mol. The summed E-state index contributed by atoms with van der Waals surface area (Å²) in [4.78, 5) is 8.68. The van der Waals surface area contributed by atoms with Crippen molar-refractivity contribution in [2.24, 2.45) is 0 Å². The Kier molecular flexibility index (Phi) is 3.44. The molecule has 2 heterocycles. The van der Waals surface area contributed by atoms with E-state index in [1.54, 1.807) is 0 Å². The van der Waals surface area contributed by atoms with E-state index < -0.39 is 0 Å². The molecule has 2 aromatic heterocycles. The average Bonchev–Trinajstić information content (AvgIpc) is 2.50. The minimum atomic E-state index is 0.134. The average molecular weight is 263 g/mol. The van der Waals surface area contributed by atoms with E-state index in [0.717, 1.165) is 10.9 Å². The number of aryl methyl sites for hydroxylation is 1. The van der Waals surface area contributed by atoms with Gasteiger partial charge in [-0.1, -0.05) is 18.2 Å². The van der Waals surface area contributed by atoms with E-state index >= 15 is 0 Å². The van der Waals surface area contributed by atoms with Gasteiger partial charge >= 0.3 is 0 Å². The molecule has 0 saturated heterocycles. The highest BCUT2D eigenvalue weighted by molar-refractivity contribution is 5.79. The predicted octanol–water partition coefficient (Wildman–Crippen LogP) is 3.25. The van der Waals surface area contributed by atoms with Crippen molar-refractivity contribution >= 4 is 10.9 Å². The van der Waals surface area contributed by atoms with Crippen LogP contribution in [-0.2, 0) is 0 Å². The molecule has 1 unspecified atom stereocenters. The van der Waals surface area contributed by atoms with Gasteiger partial charge in [0.15, 0.2) is 0 Å². The third-order valence-electron chi connectivity index (χ3n) is 3.64. The zero-order valence-corrected chi connectivity index (χ0v) is 11.7. The first-order valence-corrected chi connectivity index (χ1v) is 6.72. The quantitative estimate of drug-likeness (QED) is 0.788. The normalized spacial score (nSPS) is 12.5. The van der Waals surface area contributed by atoms with Crippen LogP contribution in [-0.4, -0.2) is 17.0 Å². The number of nitrogens with one attached hydrogen (secondary N) is 1. The van der Waals surface area contributed by atoms with Crippen LogP contribution in [0.1, 0.15) is 22.7 Å². The van der Waals surface area contributed by atoms with E-state index in [-0.39, 0.29) is 6.04 Å². The van der Waals surface area contributed by atoms with Gasteiger partial charge in [-0.2, -0.15) is 0 Å². The number of rotatable bonds is 3. The van der Waals surface area contributed by atoms with E-state index in [0.29, 0.717) is 0 Å². The molecule has 100 valence electrons. The van der Waals surface area contributed by atoms with E-state index in [9.17, 15) is 0 Å². The Morgan fingerprint density at radius 2 is 2.00 bits per heavy atom. The molecule has 1 atom stereocenters. The second-order valence-corrected chi connectivity index (χ2v) is 4.91. The standard InChI is InChI=1S/C17H17N3/c1-12-7-9-19-11-15(12)17(18-2)14-6-5-13-4-3-8-20-16(13)10-14/h3-11,17-18H,1-2H3. The van der Waals surface area contributed by atoms with Crippen molar-refractivity contribution in [2.45, 2.75) is 13.0 Å². The van der Waals surface area contributed by atoms with Crippen molar-refractivity contribution in [1.82, 2.24) is 15.3 Å². The molecule has 0 aliphatic heterocycles. The molecule has 1 aromatic carbocycles. The van der Waals surface area contributed by atoms with Gasteiger partial charge in [-0.25, -0.2) is 0 Å². The van der Waals surface area contributed by atoms with Gasteiger partial charge in [0.05, 0.1) is 11.6 Å². The van der Waals surface area contributed by atoms with Crippen LogP contribution in [0.4, 0.5) is 0 Å². The highest BCUT2D eigenvalue weighted by atomic mass is 14.9. The van der Waals surface area contributed by atoms with Crippen LogP contribution in [0.15, 0.2) is 55.0 Å². The highest BCUT2D eigenvalue weighted by Gasteiger charge is 2.14. The van der Waals surface area contributed by atoms with Gasteiger partial charge in [-0.05, 0) is 48.9 Å².